The molecule has 0 amide bonds. The van der Waals surface area contributed by atoms with Gasteiger partial charge in [-0.15, -0.1) is 0 Å². The minimum atomic E-state index is 0.234. The first-order chi connectivity index (χ1) is 9.22. The molecule has 19 heavy (non-hydrogen) atoms. The molecule has 0 spiro atoms. The van der Waals surface area contributed by atoms with Gasteiger partial charge in [-0.3, -0.25) is 0 Å². The lowest BCUT2D eigenvalue weighted by molar-refractivity contribution is 0.247. The van der Waals surface area contributed by atoms with Crippen molar-refractivity contribution in [2.24, 2.45) is 0 Å². The molecule has 3 rings (SSSR count). The van der Waals surface area contributed by atoms with Crippen LogP contribution in [0.15, 0.2) is 42.5 Å². The molecule has 0 aliphatic carbocycles. The van der Waals surface area contributed by atoms with E-state index in [-0.39, 0.29) is 11.7 Å². The van der Waals surface area contributed by atoms with E-state index in [9.17, 15) is 5.11 Å². The Morgan fingerprint density at radius 3 is 2.95 bits per heavy atom. The summed E-state index contributed by atoms with van der Waals surface area (Å²) in [6, 6.07) is 13.3. The zero-order valence-electron chi connectivity index (χ0n) is 10.8. The molecule has 0 saturated carbocycles. The predicted octanol–water partition coefficient (Wildman–Crippen LogP) is 3.26. The van der Waals surface area contributed by atoms with Gasteiger partial charge in [0.05, 0.1) is 19.1 Å². The van der Waals surface area contributed by atoms with Gasteiger partial charge >= 0.3 is 0 Å². The lowest BCUT2D eigenvalue weighted by atomic mass is 10.0. The van der Waals surface area contributed by atoms with Gasteiger partial charge in [-0.2, -0.15) is 0 Å². The molecule has 1 atom stereocenters. The highest BCUT2D eigenvalue weighted by molar-refractivity contribution is 5.40. The van der Waals surface area contributed by atoms with E-state index >= 15 is 0 Å². The number of phenols is 1. The summed E-state index contributed by atoms with van der Waals surface area (Å²) in [7, 11) is 0. The minimum Gasteiger partial charge on any atom is -0.508 e. The van der Waals surface area contributed by atoms with Crippen LogP contribution in [0, 0.1) is 6.92 Å². The van der Waals surface area contributed by atoms with Gasteiger partial charge in [0, 0.05) is 11.6 Å². The van der Waals surface area contributed by atoms with Gasteiger partial charge in [0.15, 0.2) is 0 Å². The van der Waals surface area contributed by atoms with Crippen LogP contribution in [-0.4, -0.2) is 18.3 Å². The normalized spacial score (nSPS) is 16.8. The fourth-order valence-corrected chi connectivity index (χ4v) is 2.38. The topological polar surface area (TPSA) is 38.7 Å². The average Bonchev–Trinajstić information content (AvgIpc) is 2.78. The SMILES string of the molecule is Cc1cc(O)cc(OCC2COc3ccccc32)c1. The van der Waals surface area contributed by atoms with Crippen molar-refractivity contribution in [2.45, 2.75) is 12.8 Å². The van der Waals surface area contributed by atoms with Crippen LogP contribution >= 0.6 is 0 Å². The van der Waals surface area contributed by atoms with Crippen molar-refractivity contribution in [1.82, 2.24) is 0 Å². The molecule has 1 N–H and O–H groups in total. The summed E-state index contributed by atoms with van der Waals surface area (Å²) in [4.78, 5) is 0. The first kappa shape index (κ1) is 11.9. The fourth-order valence-electron chi connectivity index (χ4n) is 2.38. The standard InChI is InChI=1S/C16H16O3/c1-11-6-13(17)8-14(7-11)18-9-12-10-19-16-5-3-2-4-15(12)16/h2-8,12,17H,9-10H2,1H3. The largest absolute Gasteiger partial charge is 0.508 e. The van der Waals surface area contributed by atoms with E-state index in [2.05, 4.69) is 6.07 Å². The van der Waals surface area contributed by atoms with Crippen molar-refractivity contribution >= 4 is 0 Å². The summed E-state index contributed by atoms with van der Waals surface area (Å²) < 4.78 is 11.4. The van der Waals surface area contributed by atoms with Gasteiger partial charge in [-0.1, -0.05) is 18.2 Å². The highest BCUT2D eigenvalue weighted by Crippen LogP contribution is 2.34. The van der Waals surface area contributed by atoms with E-state index in [0.717, 1.165) is 11.3 Å². The molecular formula is C16H16O3. The molecule has 1 unspecified atom stereocenters. The second-order valence-electron chi connectivity index (χ2n) is 4.86. The summed E-state index contributed by atoms with van der Waals surface area (Å²) in [5, 5.41) is 9.54. The third kappa shape index (κ3) is 2.50. The zero-order valence-corrected chi connectivity index (χ0v) is 10.8. The van der Waals surface area contributed by atoms with Gasteiger partial charge in [-0.25, -0.2) is 0 Å². The van der Waals surface area contributed by atoms with Crippen molar-refractivity contribution in [2.75, 3.05) is 13.2 Å². The Hall–Kier alpha value is -2.16. The summed E-state index contributed by atoms with van der Waals surface area (Å²) in [5.41, 5.74) is 2.18. The number of hydrogen-bond acceptors (Lipinski definition) is 3. The first-order valence-corrected chi connectivity index (χ1v) is 6.37. The smallest absolute Gasteiger partial charge is 0.123 e. The molecule has 0 bridgehead atoms. The summed E-state index contributed by atoms with van der Waals surface area (Å²) in [5.74, 6) is 2.13. The number of fused-ring (bicyclic) bond motifs is 1. The van der Waals surface area contributed by atoms with E-state index in [1.165, 1.54) is 5.56 Å². The first-order valence-electron chi connectivity index (χ1n) is 6.37. The van der Waals surface area contributed by atoms with Gasteiger partial charge in [0.2, 0.25) is 0 Å². The Labute approximate surface area is 112 Å². The number of benzene rings is 2. The zero-order chi connectivity index (χ0) is 13.2. The van der Waals surface area contributed by atoms with Crippen LogP contribution < -0.4 is 9.47 Å². The molecule has 2 aromatic carbocycles. The van der Waals surface area contributed by atoms with E-state index in [1.54, 1.807) is 12.1 Å². The molecule has 98 valence electrons. The highest BCUT2D eigenvalue weighted by atomic mass is 16.5. The van der Waals surface area contributed by atoms with E-state index < -0.39 is 0 Å². The maximum Gasteiger partial charge on any atom is 0.123 e. The van der Waals surface area contributed by atoms with Crippen molar-refractivity contribution in [1.29, 1.82) is 0 Å². The van der Waals surface area contributed by atoms with Crippen molar-refractivity contribution < 1.29 is 14.6 Å². The molecule has 0 fully saturated rings. The maximum atomic E-state index is 9.54. The monoisotopic (exact) mass is 256 g/mol. The third-order valence-corrected chi connectivity index (χ3v) is 3.29. The van der Waals surface area contributed by atoms with E-state index in [4.69, 9.17) is 9.47 Å². The number of phenolic OH excluding ortho intramolecular Hbond substituents is 1. The van der Waals surface area contributed by atoms with Gasteiger partial charge in [0.25, 0.3) is 0 Å². The van der Waals surface area contributed by atoms with Crippen LogP contribution in [-0.2, 0) is 0 Å². The van der Waals surface area contributed by atoms with Crippen LogP contribution in [0.5, 0.6) is 17.2 Å². The van der Waals surface area contributed by atoms with Crippen LogP contribution in [0.3, 0.4) is 0 Å². The number of ether oxygens (including phenoxy) is 2. The highest BCUT2D eigenvalue weighted by Gasteiger charge is 2.24. The number of aryl methyl sites for hydroxylation is 1. The van der Waals surface area contributed by atoms with Gasteiger partial charge < -0.3 is 14.6 Å². The van der Waals surface area contributed by atoms with Gasteiger partial charge in [0.1, 0.15) is 17.2 Å². The predicted molar refractivity (Wildman–Crippen MR) is 73.0 cm³/mol. The number of para-hydroxylation sites is 1. The minimum absolute atomic E-state index is 0.234. The van der Waals surface area contributed by atoms with Crippen molar-refractivity contribution in [3.05, 3.63) is 53.6 Å². The lowest BCUT2D eigenvalue weighted by Crippen LogP contribution is -2.11. The molecule has 1 aliphatic rings. The Balaban J connectivity index is 1.70. The van der Waals surface area contributed by atoms with Crippen LogP contribution in [0.25, 0.3) is 0 Å². The summed E-state index contributed by atoms with van der Waals surface area (Å²) in [6.45, 7) is 3.14. The molecule has 0 saturated heterocycles. The van der Waals surface area contributed by atoms with E-state index in [1.807, 2.05) is 31.2 Å². The summed E-state index contributed by atoms with van der Waals surface area (Å²) >= 11 is 0. The lowest BCUT2D eigenvalue weighted by Gasteiger charge is -2.12. The molecule has 3 heteroatoms. The molecule has 1 heterocycles. The van der Waals surface area contributed by atoms with Crippen LogP contribution in [0.1, 0.15) is 17.0 Å². The molecule has 0 aromatic heterocycles. The molecule has 1 aliphatic heterocycles. The maximum absolute atomic E-state index is 9.54. The second-order valence-corrected chi connectivity index (χ2v) is 4.86. The van der Waals surface area contributed by atoms with Crippen LogP contribution in [0.4, 0.5) is 0 Å². The average molecular weight is 256 g/mol. The Morgan fingerprint density at radius 1 is 1.26 bits per heavy atom. The van der Waals surface area contributed by atoms with Crippen LogP contribution in [0.2, 0.25) is 0 Å². The molecule has 2 aromatic rings. The number of aromatic hydroxyl groups is 1. The van der Waals surface area contributed by atoms with Crippen molar-refractivity contribution in [3.63, 3.8) is 0 Å². The van der Waals surface area contributed by atoms with Crippen molar-refractivity contribution in [3.8, 4) is 17.2 Å². The van der Waals surface area contributed by atoms with E-state index in [0.29, 0.717) is 19.0 Å². The second kappa shape index (κ2) is 4.84. The summed E-state index contributed by atoms with van der Waals surface area (Å²) in [6.07, 6.45) is 0. The Bertz CT molecular complexity index is 572. The molecule has 0 radical (unpaired) electrons. The fraction of sp³-hybridized carbons (Fsp3) is 0.250. The molecular weight excluding hydrogens is 240 g/mol. The Morgan fingerprint density at radius 2 is 2.11 bits per heavy atom. The van der Waals surface area contributed by atoms with Gasteiger partial charge in [-0.05, 0) is 30.7 Å². The quantitative estimate of drug-likeness (QED) is 0.916. The number of rotatable bonds is 3. The number of hydrogen-bond donors (Lipinski definition) is 1. The Kier molecular flexibility index (Phi) is 3.03. The molecule has 3 nitrogen and oxygen atoms in total. The third-order valence-electron chi connectivity index (χ3n) is 3.29.